The first-order chi connectivity index (χ1) is 10.2. The molecule has 6 heteroatoms. The van der Waals surface area contributed by atoms with Crippen molar-refractivity contribution in [3.63, 3.8) is 0 Å². The van der Waals surface area contributed by atoms with Crippen LogP contribution in [0.3, 0.4) is 0 Å². The average molecular weight is 304 g/mol. The van der Waals surface area contributed by atoms with Gasteiger partial charge in [-0.15, -0.1) is 0 Å². The van der Waals surface area contributed by atoms with Gasteiger partial charge in [-0.05, 0) is 42.2 Å². The zero-order valence-corrected chi connectivity index (χ0v) is 12.9. The SMILES string of the molecule is C[C@H](Cn1ccnc1)NC(=O)N1CCC[C@@H]1c1ccsc1. The maximum absolute atomic E-state index is 12.5. The van der Waals surface area contributed by atoms with Crippen LogP contribution in [0, 0.1) is 0 Å². The van der Waals surface area contributed by atoms with Gasteiger partial charge in [0.2, 0.25) is 0 Å². The molecule has 0 saturated carbocycles. The second-order valence-electron chi connectivity index (χ2n) is 5.52. The van der Waals surface area contributed by atoms with E-state index in [4.69, 9.17) is 0 Å². The van der Waals surface area contributed by atoms with Gasteiger partial charge in [-0.3, -0.25) is 0 Å². The van der Waals surface area contributed by atoms with Crippen molar-refractivity contribution in [2.45, 2.75) is 38.4 Å². The number of carbonyl (C=O) groups excluding carboxylic acids is 1. The van der Waals surface area contributed by atoms with Gasteiger partial charge < -0.3 is 14.8 Å². The van der Waals surface area contributed by atoms with E-state index in [1.807, 2.05) is 22.6 Å². The number of hydrogen-bond acceptors (Lipinski definition) is 3. The van der Waals surface area contributed by atoms with Crippen LogP contribution < -0.4 is 5.32 Å². The Morgan fingerprint density at radius 2 is 2.52 bits per heavy atom. The van der Waals surface area contributed by atoms with Gasteiger partial charge in [0.1, 0.15) is 0 Å². The van der Waals surface area contributed by atoms with Crippen LogP contribution in [0.25, 0.3) is 0 Å². The fraction of sp³-hybridized carbons (Fsp3) is 0.467. The Balaban J connectivity index is 1.59. The summed E-state index contributed by atoms with van der Waals surface area (Å²) in [5.74, 6) is 0. The summed E-state index contributed by atoms with van der Waals surface area (Å²) in [6.07, 6.45) is 7.56. The van der Waals surface area contributed by atoms with Crippen molar-refractivity contribution in [2.24, 2.45) is 0 Å². The lowest BCUT2D eigenvalue weighted by molar-refractivity contribution is 0.188. The summed E-state index contributed by atoms with van der Waals surface area (Å²) in [6.45, 7) is 3.60. The first kappa shape index (κ1) is 14.1. The fourth-order valence-corrected chi connectivity index (χ4v) is 3.58. The molecule has 112 valence electrons. The van der Waals surface area contributed by atoms with Gasteiger partial charge in [0, 0.05) is 31.5 Å². The molecule has 3 rings (SSSR count). The van der Waals surface area contributed by atoms with Crippen LogP contribution in [0.5, 0.6) is 0 Å². The van der Waals surface area contributed by atoms with Crippen molar-refractivity contribution in [3.8, 4) is 0 Å². The maximum atomic E-state index is 12.5. The molecule has 21 heavy (non-hydrogen) atoms. The molecule has 1 aliphatic rings. The molecule has 0 spiro atoms. The second-order valence-corrected chi connectivity index (χ2v) is 6.30. The first-order valence-electron chi connectivity index (χ1n) is 7.29. The molecule has 2 aromatic heterocycles. The first-order valence-corrected chi connectivity index (χ1v) is 8.23. The number of imidazole rings is 1. The minimum atomic E-state index is 0.0383. The Bertz CT molecular complexity index is 567. The zero-order valence-electron chi connectivity index (χ0n) is 12.1. The third kappa shape index (κ3) is 3.26. The highest BCUT2D eigenvalue weighted by molar-refractivity contribution is 7.07. The molecule has 1 fully saturated rings. The monoisotopic (exact) mass is 304 g/mol. The fourth-order valence-electron chi connectivity index (χ4n) is 2.87. The number of rotatable bonds is 4. The van der Waals surface area contributed by atoms with Crippen molar-refractivity contribution < 1.29 is 4.79 Å². The van der Waals surface area contributed by atoms with Gasteiger partial charge in [0.15, 0.2) is 0 Å². The van der Waals surface area contributed by atoms with Gasteiger partial charge in [-0.2, -0.15) is 11.3 Å². The predicted molar refractivity (Wildman–Crippen MR) is 83.2 cm³/mol. The van der Waals surface area contributed by atoms with E-state index in [2.05, 4.69) is 27.1 Å². The normalized spacial score (nSPS) is 19.7. The van der Waals surface area contributed by atoms with Crippen LogP contribution in [-0.4, -0.2) is 33.1 Å². The summed E-state index contributed by atoms with van der Waals surface area (Å²) in [4.78, 5) is 18.5. The molecule has 0 radical (unpaired) electrons. The standard InChI is InChI=1S/C15H20N4OS/c1-12(9-18-7-5-16-11-18)17-15(20)19-6-2-3-14(19)13-4-8-21-10-13/h4-5,7-8,10-12,14H,2-3,6,9H2,1H3,(H,17,20)/t12-,14-/m1/s1. The Morgan fingerprint density at radius 1 is 1.62 bits per heavy atom. The maximum Gasteiger partial charge on any atom is 0.318 e. The molecule has 1 saturated heterocycles. The number of urea groups is 1. The van der Waals surface area contributed by atoms with E-state index in [0.29, 0.717) is 0 Å². The minimum Gasteiger partial charge on any atom is -0.335 e. The average Bonchev–Trinajstić information content (AvgIpc) is 3.20. The number of amides is 2. The quantitative estimate of drug-likeness (QED) is 0.944. The molecule has 2 aromatic rings. The van der Waals surface area contributed by atoms with Gasteiger partial charge in [-0.1, -0.05) is 0 Å². The van der Waals surface area contributed by atoms with Gasteiger partial charge in [0.05, 0.1) is 12.4 Å². The molecule has 5 nitrogen and oxygen atoms in total. The summed E-state index contributed by atoms with van der Waals surface area (Å²) < 4.78 is 1.98. The van der Waals surface area contributed by atoms with E-state index in [0.717, 1.165) is 25.9 Å². The Hall–Kier alpha value is -1.82. The van der Waals surface area contributed by atoms with Gasteiger partial charge in [-0.25, -0.2) is 9.78 Å². The lowest BCUT2D eigenvalue weighted by Crippen LogP contribution is -2.44. The van der Waals surface area contributed by atoms with E-state index in [9.17, 15) is 4.79 Å². The highest BCUT2D eigenvalue weighted by atomic mass is 32.1. The van der Waals surface area contributed by atoms with Gasteiger partial charge in [0.25, 0.3) is 0 Å². The minimum absolute atomic E-state index is 0.0383. The number of nitrogens with one attached hydrogen (secondary N) is 1. The van der Waals surface area contributed by atoms with E-state index < -0.39 is 0 Å². The summed E-state index contributed by atoms with van der Waals surface area (Å²) in [5, 5.41) is 7.31. The van der Waals surface area contributed by atoms with Crippen molar-refractivity contribution in [3.05, 3.63) is 41.1 Å². The number of hydrogen-bond donors (Lipinski definition) is 1. The molecule has 0 bridgehead atoms. The number of aromatic nitrogens is 2. The lowest BCUT2D eigenvalue weighted by Gasteiger charge is -2.26. The third-order valence-electron chi connectivity index (χ3n) is 3.86. The largest absolute Gasteiger partial charge is 0.335 e. The summed E-state index contributed by atoms with van der Waals surface area (Å²) in [7, 11) is 0. The van der Waals surface area contributed by atoms with Crippen LogP contribution in [0.1, 0.15) is 31.4 Å². The van der Waals surface area contributed by atoms with Crippen LogP contribution >= 0.6 is 11.3 Å². The second kappa shape index (κ2) is 6.30. The number of carbonyl (C=O) groups is 1. The van der Waals surface area contributed by atoms with Crippen LogP contribution in [0.15, 0.2) is 35.5 Å². The van der Waals surface area contributed by atoms with Gasteiger partial charge >= 0.3 is 6.03 Å². The van der Waals surface area contributed by atoms with E-state index in [1.54, 1.807) is 23.9 Å². The lowest BCUT2D eigenvalue weighted by atomic mass is 10.1. The summed E-state index contributed by atoms with van der Waals surface area (Å²) in [6, 6.07) is 2.47. The van der Waals surface area contributed by atoms with E-state index in [1.165, 1.54) is 5.56 Å². The number of likely N-dealkylation sites (tertiary alicyclic amines) is 1. The number of nitrogens with zero attached hydrogens (tertiary/aromatic N) is 3. The molecule has 0 aliphatic carbocycles. The van der Waals surface area contributed by atoms with Crippen LogP contribution in [-0.2, 0) is 6.54 Å². The van der Waals surface area contributed by atoms with Crippen molar-refractivity contribution in [1.82, 2.24) is 19.8 Å². The smallest absolute Gasteiger partial charge is 0.318 e. The van der Waals surface area contributed by atoms with E-state index in [-0.39, 0.29) is 18.1 Å². The van der Waals surface area contributed by atoms with E-state index >= 15 is 0 Å². The van der Waals surface area contributed by atoms with Crippen molar-refractivity contribution >= 4 is 17.4 Å². The molecule has 3 heterocycles. The van der Waals surface area contributed by atoms with Crippen molar-refractivity contribution in [2.75, 3.05) is 6.54 Å². The third-order valence-corrected chi connectivity index (χ3v) is 4.56. The summed E-state index contributed by atoms with van der Waals surface area (Å²) in [5.41, 5.74) is 1.26. The molecular weight excluding hydrogens is 284 g/mol. The Kier molecular flexibility index (Phi) is 4.24. The molecule has 1 aliphatic heterocycles. The van der Waals surface area contributed by atoms with Crippen LogP contribution in [0.2, 0.25) is 0 Å². The Morgan fingerprint density at radius 3 is 3.24 bits per heavy atom. The highest BCUT2D eigenvalue weighted by Crippen LogP contribution is 2.32. The van der Waals surface area contributed by atoms with Crippen LogP contribution in [0.4, 0.5) is 4.79 Å². The number of thiophene rings is 1. The summed E-state index contributed by atoms with van der Waals surface area (Å²) >= 11 is 1.69. The predicted octanol–water partition coefficient (Wildman–Crippen LogP) is 2.88. The molecule has 2 atom stereocenters. The Labute approximate surface area is 128 Å². The zero-order chi connectivity index (χ0) is 14.7. The van der Waals surface area contributed by atoms with Crippen molar-refractivity contribution in [1.29, 1.82) is 0 Å². The highest BCUT2D eigenvalue weighted by Gasteiger charge is 2.30. The molecular formula is C15H20N4OS. The molecule has 2 amide bonds. The topological polar surface area (TPSA) is 50.2 Å². The molecule has 0 aromatic carbocycles. The molecule has 1 N–H and O–H groups in total. The molecule has 0 unspecified atom stereocenters.